The van der Waals surface area contributed by atoms with Crippen molar-refractivity contribution >= 4 is 62.4 Å². The molecule has 0 unspecified atom stereocenters. The molecule has 6 rings (SSSR count). The van der Waals surface area contributed by atoms with Crippen LogP contribution in [0.5, 0.6) is 6.01 Å². The van der Waals surface area contributed by atoms with Crippen LogP contribution in [0.2, 0.25) is 5.02 Å². The summed E-state index contributed by atoms with van der Waals surface area (Å²) in [6.45, 7) is 7.90. The molecule has 4 heterocycles. The summed E-state index contributed by atoms with van der Waals surface area (Å²) >= 11 is 8.65. The lowest BCUT2D eigenvalue weighted by atomic mass is 10.0. The normalized spacial score (nSPS) is 20.3. The van der Waals surface area contributed by atoms with Gasteiger partial charge >= 0.3 is 6.01 Å². The van der Waals surface area contributed by atoms with E-state index in [0.717, 1.165) is 59.5 Å². The van der Waals surface area contributed by atoms with Crippen LogP contribution >= 0.6 is 34.2 Å². The first-order valence-electron chi connectivity index (χ1n) is 15.4. The summed E-state index contributed by atoms with van der Waals surface area (Å²) in [5.41, 5.74) is 2.99. The number of benzene rings is 2. The molecule has 0 saturated carbocycles. The molecule has 0 spiro atoms. The van der Waals surface area contributed by atoms with Gasteiger partial charge in [0.25, 0.3) is 5.91 Å². The van der Waals surface area contributed by atoms with E-state index >= 15 is 0 Å². The first kappa shape index (κ1) is 31.8. The van der Waals surface area contributed by atoms with E-state index < -0.39 is 0 Å². The van der Waals surface area contributed by atoms with Crippen molar-refractivity contribution in [3.05, 3.63) is 62.8 Å². The van der Waals surface area contributed by atoms with Crippen molar-refractivity contribution in [2.24, 2.45) is 0 Å². The molecule has 0 radical (unpaired) electrons. The van der Waals surface area contributed by atoms with E-state index in [1.165, 1.54) is 0 Å². The molecule has 0 bridgehead atoms. The zero-order valence-electron chi connectivity index (χ0n) is 25.1. The number of hydrogen-bond acceptors (Lipinski definition) is 8. The average molecular weight is 744 g/mol. The van der Waals surface area contributed by atoms with E-state index in [0.29, 0.717) is 60.4 Å². The molecule has 1 amide bonds. The Balaban J connectivity index is 1.33. The number of carbonyl (C=O) groups is 1. The first-order valence-corrected chi connectivity index (χ1v) is 16.9. The van der Waals surface area contributed by atoms with Crippen LogP contribution in [0.25, 0.3) is 10.8 Å². The first-order chi connectivity index (χ1) is 21.9. The highest BCUT2D eigenvalue weighted by atomic mass is 127. The van der Waals surface area contributed by atoms with Gasteiger partial charge in [0.05, 0.1) is 39.4 Å². The molecule has 1 aromatic heterocycles. The Morgan fingerprint density at radius 3 is 2.73 bits per heavy atom. The molecule has 12 heteroatoms. The summed E-state index contributed by atoms with van der Waals surface area (Å²) in [6.07, 6.45) is 2.89. The van der Waals surface area contributed by atoms with Gasteiger partial charge in [0.15, 0.2) is 0 Å². The van der Waals surface area contributed by atoms with Gasteiger partial charge in [-0.1, -0.05) is 42.4 Å². The molecule has 2 saturated heterocycles. The number of alkyl halides is 1. The third-order valence-electron chi connectivity index (χ3n) is 9.07. The number of hydrogen-bond donors (Lipinski definition) is 0. The largest absolute Gasteiger partial charge is 0.462 e. The van der Waals surface area contributed by atoms with Gasteiger partial charge in [-0.15, -0.1) is 0 Å². The molecule has 2 aromatic carbocycles. The molecule has 3 aliphatic rings. The van der Waals surface area contributed by atoms with Gasteiger partial charge in [-0.05, 0) is 65.9 Å². The Bertz CT molecular complexity index is 1630. The van der Waals surface area contributed by atoms with Crippen LogP contribution in [0.3, 0.4) is 0 Å². The molecular weight excluding hydrogens is 708 g/mol. The second-order valence-electron chi connectivity index (χ2n) is 11.7. The fourth-order valence-electron chi connectivity index (χ4n) is 6.87. The summed E-state index contributed by atoms with van der Waals surface area (Å²) in [6, 6.07) is 14.6. The fraction of sp³-hybridized carbons (Fsp3) is 0.455. The zero-order chi connectivity index (χ0) is 31.5. The third-order valence-corrected chi connectivity index (χ3v) is 9.85. The predicted octanol–water partition coefficient (Wildman–Crippen LogP) is 5.54. The monoisotopic (exact) mass is 743 g/mol. The Morgan fingerprint density at radius 1 is 1.13 bits per heavy atom. The molecule has 0 N–H and O–H groups in total. The number of aromatic nitrogens is 2. The Kier molecular flexibility index (Phi) is 9.92. The minimum atomic E-state index is -0.382. The third kappa shape index (κ3) is 6.69. The second kappa shape index (κ2) is 14.1. The average Bonchev–Trinajstić information content (AvgIpc) is 3.50. The van der Waals surface area contributed by atoms with Crippen LogP contribution in [-0.4, -0.2) is 90.3 Å². The lowest BCUT2D eigenvalue weighted by Crippen LogP contribution is -2.55. The number of piperazine rings is 1. The van der Waals surface area contributed by atoms with Gasteiger partial charge in [-0.2, -0.15) is 15.2 Å². The highest BCUT2D eigenvalue weighted by Gasteiger charge is 2.35. The van der Waals surface area contributed by atoms with Crippen molar-refractivity contribution in [2.45, 2.75) is 44.3 Å². The van der Waals surface area contributed by atoms with Crippen molar-refractivity contribution in [1.82, 2.24) is 19.8 Å². The van der Waals surface area contributed by atoms with Crippen molar-refractivity contribution in [2.75, 3.05) is 62.3 Å². The van der Waals surface area contributed by atoms with Crippen molar-refractivity contribution < 1.29 is 13.9 Å². The number of nitriles is 1. The summed E-state index contributed by atoms with van der Waals surface area (Å²) in [5.74, 6) is 0.656. The number of likely N-dealkylation sites (tertiary alicyclic amines) is 1. The van der Waals surface area contributed by atoms with Gasteiger partial charge in [0.2, 0.25) is 0 Å². The number of ether oxygens (including phenoxy) is 1. The van der Waals surface area contributed by atoms with Crippen LogP contribution in [-0.2, 0) is 17.8 Å². The Hall–Kier alpha value is -3.21. The number of nitrogens with zero attached hydrogens (tertiary/aromatic N) is 7. The second-order valence-corrected chi connectivity index (χ2v) is 13.4. The molecule has 45 heavy (non-hydrogen) atoms. The molecule has 9 nitrogen and oxygen atoms in total. The highest BCUT2D eigenvalue weighted by Crippen LogP contribution is 2.37. The quantitative estimate of drug-likeness (QED) is 0.209. The summed E-state index contributed by atoms with van der Waals surface area (Å²) < 4.78 is 19.9. The van der Waals surface area contributed by atoms with E-state index in [9.17, 15) is 14.4 Å². The lowest BCUT2D eigenvalue weighted by Gasteiger charge is -2.42. The number of rotatable bonds is 9. The topological polar surface area (TPSA) is 88.8 Å². The van der Waals surface area contributed by atoms with E-state index in [2.05, 4.69) is 51.6 Å². The molecule has 3 aliphatic heterocycles. The summed E-state index contributed by atoms with van der Waals surface area (Å²) in [4.78, 5) is 31.2. The molecule has 3 aromatic rings. The van der Waals surface area contributed by atoms with E-state index in [1.54, 1.807) is 4.90 Å². The zero-order valence-corrected chi connectivity index (χ0v) is 28.0. The summed E-state index contributed by atoms with van der Waals surface area (Å²) in [7, 11) is 0. The molecule has 2 fully saturated rings. The molecule has 2 atom stereocenters. The minimum Gasteiger partial charge on any atom is -0.462 e. The van der Waals surface area contributed by atoms with Crippen molar-refractivity contribution in [3.8, 4) is 12.1 Å². The van der Waals surface area contributed by atoms with Gasteiger partial charge in [0, 0.05) is 55.4 Å². The van der Waals surface area contributed by atoms with Crippen molar-refractivity contribution in [1.29, 1.82) is 5.26 Å². The van der Waals surface area contributed by atoms with Crippen molar-refractivity contribution in [3.63, 3.8) is 0 Å². The van der Waals surface area contributed by atoms with Gasteiger partial charge in [-0.25, -0.2) is 4.39 Å². The number of fused-ring (bicyclic) bond motifs is 2. The smallest absolute Gasteiger partial charge is 0.318 e. The Labute approximate surface area is 281 Å². The molecular formula is C33H36ClFIN7O2. The van der Waals surface area contributed by atoms with Crippen LogP contribution < -0.4 is 14.5 Å². The van der Waals surface area contributed by atoms with Crippen LogP contribution in [0.1, 0.15) is 30.5 Å². The highest BCUT2D eigenvalue weighted by molar-refractivity contribution is 14.1. The fourth-order valence-corrected chi connectivity index (χ4v) is 7.46. The van der Waals surface area contributed by atoms with E-state index in [4.69, 9.17) is 26.3 Å². The number of anilines is 2. The number of halogens is 3. The maximum Gasteiger partial charge on any atom is 0.318 e. The summed E-state index contributed by atoms with van der Waals surface area (Å²) in [5, 5.41) is 12.4. The standard InChI is InChI=1S/C33H36ClFIN7O2/c1-22(36)32(44)43-18-17-42(19-24(43)10-13-37)31-26-11-15-41(29-9-3-6-23-5-2-8-27(34)30(23)29)20-28(26)38-33(39-31)45-21-25-7-4-14-40(25)16-12-35/h2-3,5-6,8-9,24-25H,1,4,7,10-12,14-21H2/t24-,25-/m0/s1. The lowest BCUT2D eigenvalue weighted by molar-refractivity contribution is -0.128. The molecule has 0 aliphatic carbocycles. The SMILES string of the molecule is C=C(I)C(=O)N1CCN(c2nc(OC[C@@H]3CCCN3CCF)nc3c2CCN(c2cccc4cccc(Cl)c24)C3)C[C@@H]1CC#N. The number of carbonyl (C=O) groups excluding carboxylic acids is 1. The molecule has 236 valence electrons. The van der Waals surface area contributed by atoms with Gasteiger partial charge in [0.1, 0.15) is 19.1 Å². The van der Waals surface area contributed by atoms with Crippen LogP contribution in [0.15, 0.2) is 46.6 Å². The number of amides is 1. The van der Waals surface area contributed by atoms with Crippen LogP contribution in [0.4, 0.5) is 15.9 Å². The van der Waals surface area contributed by atoms with E-state index in [1.807, 2.05) is 34.7 Å². The maximum absolute atomic E-state index is 13.2. The maximum atomic E-state index is 13.2. The van der Waals surface area contributed by atoms with E-state index in [-0.39, 0.29) is 31.1 Å². The van der Waals surface area contributed by atoms with Gasteiger partial charge < -0.3 is 19.4 Å². The Morgan fingerprint density at radius 2 is 1.96 bits per heavy atom. The minimum absolute atomic E-state index is 0.120. The predicted molar refractivity (Wildman–Crippen MR) is 183 cm³/mol. The van der Waals surface area contributed by atoms with Crippen LogP contribution in [0, 0.1) is 11.3 Å². The van der Waals surface area contributed by atoms with Gasteiger partial charge in [-0.3, -0.25) is 9.69 Å².